The number of nitrogens with one attached hydrogen (secondary N) is 2. The van der Waals surface area contributed by atoms with Gasteiger partial charge < -0.3 is 24.8 Å². The Morgan fingerprint density at radius 3 is 2.25 bits per heavy atom. The van der Waals surface area contributed by atoms with E-state index in [0.29, 0.717) is 28.4 Å². The molecule has 2 amide bonds. The van der Waals surface area contributed by atoms with Crippen LogP contribution in [0.2, 0.25) is 0 Å². The molecule has 146 valence electrons. The predicted octanol–water partition coefficient (Wildman–Crippen LogP) is 2.81. The second-order valence-electron chi connectivity index (χ2n) is 6.67. The smallest absolute Gasteiger partial charge is 0.337 e. The van der Waals surface area contributed by atoms with Gasteiger partial charge in [0.2, 0.25) is 18.6 Å². The molecule has 8 nitrogen and oxygen atoms in total. The Morgan fingerprint density at radius 2 is 1.57 bits per heavy atom. The number of ether oxygens (including phenoxy) is 3. The zero-order valence-electron chi connectivity index (χ0n) is 15.7. The highest BCUT2D eigenvalue weighted by Gasteiger charge is 2.36. The third-order valence-electron chi connectivity index (χ3n) is 4.31. The van der Waals surface area contributed by atoms with Gasteiger partial charge in [0.05, 0.1) is 12.7 Å². The first-order valence-electron chi connectivity index (χ1n) is 8.52. The van der Waals surface area contributed by atoms with Crippen molar-refractivity contribution in [2.75, 3.05) is 24.5 Å². The van der Waals surface area contributed by atoms with Crippen molar-refractivity contribution >= 4 is 29.2 Å². The first kappa shape index (κ1) is 19.2. The fourth-order valence-electron chi connectivity index (χ4n) is 2.49. The van der Waals surface area contributed by atoms with Crippen molar-refractivity contribution in [2.24, 2.45) is 5.41 Å². The zero-order valence-corrected chi connectivity index (χ0v) is 15.7. The highest BCUT2D eigenvalue weighted by Crippen LogP contribution is 2.34. The third-order valence-corrected chi connectivity index (χ3v) is 4.31. The van der Waals surface area contributed by atoms with Gasteiger partial charge in [-0.15, -0.1) is 0 Å². The molecule has 1 aliphatic heterocycles. The number of hydrogen-bond donors (Lipinski definition) is 2. The van der Waals surface area contributed by atoms with Crippen LogP contribution in [0.1, 0.15) is 24.2 Å². The zero-order chi connectivity index (χ0) is 20.3. The first-order chi connectivity index (χ1) is 13.3. The molecule has 0 saturated carbocycles. The number of fused-ring (bicyclic) bond motifs is 1. The molecule has 0 saturated heterocycles. The fourth-order valence-corrected chi connectivity index (χ4v) is 2.49. The Bertz CT molecular complexity index is 938. The van der Waals surface area contributed by atoms with Gasteiger partial charge in [-0.25, -0.2) is 4.79 Å². The number of rotatable bonds is 5. The van der Waals surface area contributed by atoms with Crippen molar-refractivity contribution in [3.8, 4) is 11.5 Å². The molecule has 2 aromatic carbocycles. The minimum absolute atomic E-state index is 0.130. The van der Waals surface area contributed by atoms with Crippen molar-refractivity contribution in [3.63, 3.8) is 0 Å². The van der Waals surface area contributed by atoms with Crippen LogP contribution in [-0.2, 0) is 14.3 Å². The minimum Gasteiger partial charge on any atom is -0.465 e. The van der Waals surface area contributed by atoms with Gasteiger partial charge in [-0.3, -0.25) is 9.59 Å². The van der Waals surface area contributed by atoms with E-state index in [1.54, 1.807) is 36.4 Å². The van der Waals surface area contributed by atoms with Gasteiger partial charge in [0, 0.05) is 17.4 Å². The fraction of sp³-hybridized carbons (Fsp3) is 0.250. The van der Waals surface area contributed by atoms with Crippen LogP contribution in [-0.4, -0.2) is 31.7 Å². The number of anilines is 2. The Kier molecular flexibility index (Phi) is 5.21. The molecule has 1 heterocycles. The van der Waals surface area contributed by atoms with Gasteiger partial charge in [0.1, 0.15) is 5.41 Å². The van der Waals surface area contributed by atoms with E-state index in [9.17, 15) is 14.4 Å². The molecule has 0 aromatic heterocycles. The lowest BCUT2D eigenvalue weighted by Gasteiger charge is -2.23. The summed E-state index contributed by atoms with van der Waals surface area (Å²) in [7, 11) is 1.27. The number of benzene rings is 2. The summed E-state index contributed by atoms with van der Waals surface area (Å²) in [6.07, 6.45) is 0. The van der Waals surface area contributed by atoms with Crippen molar-refractivity contribution in [3.05, 3.63) is 48.0 Å². The SMILES string of the molecule is COC(=O)c1cccc(NC(=O)C(C)(C)C(=O)Nc2ccc3c(c2)OCO3)c1. The third kappa shape index (κ3) is 3.90. The second-order valence-corrected chi connectivity index (χ2v) is 6.67. The molecule has 8 heteroatoms. The summed E-state index contributed by atoms with van der Waals surface area (Å²) in [6, 6.07) is 11.3. The topological polar surface area (TPSA) is 103 Å². The molecule has 1 aliphatic rings. The van der Waals surface area contributed by atoms with Crippen molar-refractivity contribution in [1.29, 1.82) is 0 Å². The predicted molar refractivity (Wildman–Crippen MR) is 101 cm³/mol. The summed E-state index contributed by atoms with van der Waals surface area (Å²) in [5.41, 5.74) is -0.208. The summed E-state index contributed by atoms with van der Waals surface area (Å²) in [5.74, 6) is -0.406. The Morgan fingerprint density at radius 1 is 0.929 bits per heavy atom. The van der Waals surface area contributed by atoms with Gasteiger partial charge in [0.15, 0.2) is 11.5 Å². The van der Waals surface area contributed by atoms with E-state index in [0.717, 1.165) is 0 Å². The van der Waals surface area contributed by atoms with Crippen LogP contribution in [0.5, 0.6) is 11.5 Å². The van der Waals surface area contributed by atoms with E-state index < -0.39 is 23.2 Å². The van der Waals surface area contributed by atoms with Crippen molar-refractivity contribution < 1.29 is 28.6 Å². The maximum Gasteiger partial charge on any atom is 0.337 e. The molecule has 0 fully saturated rings. The molecule has 0 radical (unpaired) electrons. The lowest BCUT2D eigenvalue weighted by Crippen LogP contribution is -2.41. The van der Waals surface area contributed by atoms with Gasteiger partial charge in [-0.05, 0) is 44.2 Å². The molecular formula is C20H20N2O6. The summed E-state index contributed by atoms with van der Waals surface area (Å²) in [6.45, 7) is 3.15. The number of methoxy groups -OCH3 is 1. The van der Waals surface area contributed by atoms with E-state index in [2.05, 4.69) is 15.4 Å². The van der Waals surface area contributed by atoms with Crippen LogP contribution in [0.4, 0.5) is 11.4 Å². The molecule has 0 unspecified atom stereocenters. The molecule has 2 N–H and O–H groups in total. The molecule has 0 aliphatic carbocycles. The average molecular weight is 384 g/mol. The second kappa shape index (κ2) is 7.59. The van der Waals surface area contributed by atoms with Crippen LogP contribution in [0.3, 0.4) is 0 Å². The number of esters is 1. The molecule has 2 aromatic rings. The van der Waals surface area contributed by atoms with E-state index in [1.165, 1.54) is 27.0 Å². The van der Waals surface area contributed by atoms with Gasteiger partial charge >= 0.3 is 5.97 Å². The summed E-state index contributed by atoms with van der Waals surface area (Å²) in [5, 5.41) is 5.37. The van der Waals surface area contributed by atoms with Gasteiger partial charge in [-0.1, -0.05) is 6.07 Å². The lowest BCUT2D eigenvalue weighted by molar-refractivity contribution is -0.135. The first-order valence-corrected chi connectivity index (χ1v) is 8.52. The molecule has 0 bridgehead atoms. The molecular weight excluding hydrogens is 364 g/mol. The van der Waals surface area contributed by atoms with Crippen LogP contribution in [0.15, 0.2) is 42.5 Å². The Labute approximate surface area is 161 Å². The highest BCUT2D eigenvalue weighted by molar-refractivity contribution is 6.14. The maximum absolute atomic E-state index is 12.7. The Hall–Kier alpha value is -3.55. The minimum atomic E-state index is -1.38. The molecule has 3 rings (SSSR count). The molecule has 28 heavy (non-hydrogen) atoms. The van der Waals surface area contributed by atoms with Crippen LogP contribution in [0.25, 0.3) is 0 Å². The largest absolute Gasteiger partial charge is 0.465 e. The van der Waals surface area contributed by atoms with Crippen LogP contribution in [0, 0.1) is 5.41 Å². The summed E-state index contributed by atoms with van der Waals surface area (Å²) >= 11 is 0. The average Bonchev–Trinajstić information content (AvgIpc) is 3.15. The monoisotopic (exact) mass is 384 g/mol. The number of amides is 2. The molecule has 0 atom stereocenters. The quantitative estimate of drug-likeness (QED) is 0.607. The van der Waals surface area contributed by atoms with Crippen molar-refractivity contribution in [1.82, 2.24) is 0 Å². The number of carbonyl (C=O) groups is 3. The van der Waals surface area contributed by atoms with E-state index in [4.69, 9.17) is 9.47 Å². The Balaban J connectivity index is 1.70. The highest BCUT2D eigenvalue weighted by atomic mass is 16.7. The summed E-state index contributed by atoms with van der Waals surface area (Å²) in [4.78, 5) is 37.0. The van der Waals surface area contributed by atoms with Crippen LogP contribution >= 0.6 is 0 Å². The van der Waals surface area contributed by atoms with Gasteiger partial charge in [-0.2, -0.15) is 0 Å². The number of carbonyl (C=O) groups excluding carboxylic acids is 3. The van der Waals surface area contributed by atoms with Crippen LogP contribution < -0.4 is 20.1 Å². The lowest BCUT2D eigenvalue weighted by atomic mass is 9.90. The normalized spacial score (nSPS) is 12.2. The van der Waals surface area contributed by atoms with E-state index in [-0.39, 0.29) is 6.79 Å². The molecule has 0 spiro atoms. The van der Waals surface area contributed by atoms with Gasteiger partial charge in [0.25, 0.3) is 0 Å². The number of hydrogen-bond acceptors (Lipinski definition) is 6. The standard InChI is InChI=1S/C20H20N2O6/c1-20(2,18(24)21-13-6-4-5-12(9-13)17(23)26-3)19(25)22-14-7-8-15-16(10-14)28-11-27-15/h4-10H,11H2,1-3H3,(H,21,24)(H,22,25). The van der Waals surface area contributed by atoms with Crippen molar-refractivity contribution in [2.45, 2.75) is 13.8 Å². The van der Waals surface area contributed by atoms with E-state index >= 15 is 0 Å². The van der Waals surface area contributed by atoms with E-state index in [1.807, 2.05) is 0 Å². The maximum atomic E-state index is 12.7. The summed E-state index contributed by atoms with van der Waals surface area (Å²) < 4.78 is 15.2.